The minimum atomic E-state index is 0.431. The number of guanidine groups is 1. The molecule has 28 heavy (non-hydrogen) atoms. The van der Waals surface area contributed by atoms with E-state index in [1.165, 1.54) is 5.56 Å². The summed E-state index contributed by atoms with van der Waals surface area (Å²) in [6.07, 6.45) is 0. The van der Waals surface area contributed by atoms with Gasteiger partial charge in [0.1, 0.15) is 12.4 Å². The lowest BCUT2D eigenvalue weighted by Gasteiger charge is -2.32. The SMILES string of the molecule is CCNC(=NCc1ccc(C)cc1OCCOC)NCC(C)N1CCOCC1. The fourth-order valence-corrected chi connectivity index (χ4v) is 3.06. The van der Waals surface area contributed by atoms with Crippen LogP contribution in [0.5, 0.6) is 5.75 Å². The predicted octanol–water partition coefficient (Wildman–Crippen LogP) is 1.80. The molecule has 0 bridgehead atoms. The Kier molecular flexibility index (Phi) is 10.1. The van der Waals surface area contributed by atoms with Gasteiger partial charge in [-0.15, -0.1) is 0 Å². The molecule has 1 aliphatic heterocycles. The van der Waals surface area contributed by atoms with Crippen LogP contribution in [0.4, 0.5) is 0 Å². The Balaban J connectivity index is 1.95. The molecule has 7 heteroatoms. The highest BCUT2D eigenvalue weighted by atomic mass is 16.5. The molecular formula is C21H36N4O3. The fraction of sp³-hybridized carbons (Fsp3) is 0.667. The molecule has 0 saturated carbocycles. The first-order valence-corrected chi connectivity index (χ1v) is 10.2. The number of aliphatic imine (C=N–C) groups is 1. The normalized spacial score (nSPS) is 16.6. The van der Waals surface area contributed by atoms with Crippen molar-refractivity contribution in [2.75, 3.05) is 59.7 Å². The van der Waals surface area contributed by atoms with Gasteiger partial charge in [-0.25, -0.2) is 4.99 Å². The highest BCUT2D eigenvalue weighted by Crippen LogP contribution is 2.21. The molecule has 0 amide bonds. The van der Waals surface area contributed by atoms with Crippen LogP contribution in [0.1, 0.15) is 25.0 Å². The average Bonchev–Trinajstić information content (AvgIpc) is 2.71. The van der Waals surface area contributed by atoms with E-state index < -0.39 is 0 Å². The van der Waals surface area contributed by atoms with Gasteiger partial charge in [0.05, 0.1) is 26.4 Å². The smallest absolute Gasteiger partial charge is 0.191 e. The van der Waals surface area contributed by atoms with Gasteiger partial charge in [-0.3, -0.25) is 4.90 Å². The van der Waals surface area contributed by atoms with Crippen LogP contribution in [0.25, 0.3) is 0 Å². The van der Waals surface area contributed by atoms with E-state index in [9.17, 15) is 0 Å². The Hall–Kier alpha value is -1.83. The number of nitrogens with one attached hydrogen (secondary N) is 2. The van der Waals surface area contributed by atoms with Gasteiger partial charge in [0.15, 0.2) is 5.96 Å². The summed E-state index contributed by atoms with van der Waals surface area (Å²) >= 11 is 0. The van der Waals surface area contributed by atoms with Crippen LogP contribution in [0.15, 0.2) is 23.2 Å². The number of nitrogens with zero attached hydrogens (tertiary/aromatic N) is 2. The Bertz CT molecular complexity index is 603. The van der Waals surface area contributed by atoms with Crippen molar-refractivity contribution >= 4 is 5.96 Å². The van der Waals surface area contributed by atoms with Gasteiger partial charge in [-0.1, -0.05) is 12.1 Å². The molecule has 1 aromatic rings. The zero-order chi connectivity index (χ0) is 20.2. The number of ether oxygens (including phenoxy) is 3. The molecule has 2 N–H and O–H groups in total. The van der Waals surface area contributed by atoms with Crippen molar-refractivity contribution in [3.05, 3.63) is 29.3 Å². The summed E-state index contributed by atoms with van der Waals surface area (Å²) < 4.78 is 16.4. The van der Waals surface area contributed by atoms with E-state index in [1.54, 1.807) is 7.11 Å². The third-order valence-electron chi connectivity index (χ3n) is 4.75. The lowest BCUT2D eigenvalue weighted by atomic mass is 10.1. The fourth-order valence-electron chi connectivity index (χ4n) is 3.06. The maximum Gasteiger partial charge on any atom is 0.191 e. The van der Waals surface area contributed by atoms with Crippen LogP contribution in [0, 0.1) is 6.92 Å². The van der Waals surface area contributed by atoms with Gasteiger partial charge in [0.2, 0.25) is 0 Å². The van der Waals surface area contributed by atoms with Crippen molar-refractivity contribution in [3.8, 4) is 5.75 Å². The Labute approximate surface area is 169 Å². The third kappa shape index (κ3) is 7.66. The third-order valence-corrected chi connectivity index (χ3v) is 4.75. The van der Waals surface area contributed by atoms with Crippen molar-refractivity contribution < 1.29 is 14.2 Å². The van der Waals surface area contributed by atoms with Crippen molar-refractivity contribution in [3.63, 3.8) is 0 Å². The summed E-state index contributed by atoms with van der Waals surface area (Å²) in [5.74, 6) is 1.70. The number of hydrogen-bond donors (Lipinski definition) is 2. The van der Waals surface area contributed by atoms with E-state index in [4.69, 9.17) is 19.2 Å². The molecule has 158 valence electrons. The van der Waals surface area contributed by atoms with Crippen LogP contribution >= 0.6 is 0 Å². The molecule has 1 heterocycles. The topological polar surface area (TPSA) is 67.4 Å². The van der Waals surface area contributed by atoms with Crippen LogP contribution < -0.4 is 15.4 Å². The molecule has 1 unspecified atom stereocenters. The number of methoxy groups -OCH3 is 1. The molecule has 2 rings (SSSR count). The molecule has 1 fully saturated rings. The number of hydrogen-bond acceptors (Lipinski definition) is 5. The van der Waals surface area contributed by atoms with Crippen LogP contribution in [-0.4, -0.2) is 76.6 Å². The summed E-state index contributed by atoms with van der Waals surface area (Å²) in [4.78, 5) is 7.21. The summed E-state index contributed by atoms with van der Waals surface area (Å²) in [5, 5.41) is 6.80. The zero-order valence-electron chi connectivity index (χ0n) is 17.8. The summed E-state index contributed by atoms with van der Waals surface area (Å²) in [6.45, 7) is 13.3. The number of morpholine rings is 1. The van der Waals surface area contributed by atoms with Crippen molar-refractivity contribution in [1.29, 1.82) is 0 Å². The number of rotatable bonds is 10. The van der Waals surface area contributed by atoms with Gasteiger partial charge >= 0.3 is 0 Å². The van der Waals surface area contributed by atoms with Gasteiger partial charge in [0.25, 0.3) is 0 Å². The summed E-state index contributed by atoms with van der Waals surface area (Å²) in [7, 11) is 1.68. The van der Waals surface area contributed by atoms with Crippen molar-refractivity contribution in [2.24, 2.45) is 4.99 Å². The summed E-state index contributed by atoms with van der Waals surface area (Å²) in [5.41, 5.74) is 2.24. The van der Waals surface area contributed by atoms with Gasteiger partial charge < -0.3 is 24.8 Å². The Morgan fingerprint density at radius 1 is 1.25 bits per heavy atom. The van der Waals surface area contributed by atoms with Crippen molar-refractivity contribution in [2.45, 2.75) is 33.4 Å². The first-order valence-electron chi connectivity index (χ1n) is 10.2. The molecule has 0 aromatic heterocycles. The Morgan fingerprint density at radius 3 is 2.75 bits per heavy atom. The molecule has 1 aromatic carbocycles. The number of benzene rings is 1. The molecule has 0 radical (unpaired) electrons. The van der Waals surface area contributed by atoms with Gasteiger partial charge in [-0.05, 0) is 32.4 Å². The maximum absolute atomic E-state index is 5.87. The molecule has 0 aliphatic carbocycles. The second kappa shape index (κ2) is 12.6. The first-order chi connectivity index (χ1) is 13.6. The zero-order valence-corrected chi connectivity index (χ0v) is 17.8. The lowest BCUT2D eigenvalue weighted by Crippen LogP contribution is -2.49. The number of aryl methyl sites for hydroxylation is 1. The van der Waals surface area contributed by atoms with Gasteiger partial charge in [0, 0.05) is 44.9 Å². The second-order valence-corrected chi connectivity index (χ2v) is 7.03. The van der Waals surface area contributed by atoms with E-state index in [-0.39, 0.29) is 0 Å². The van der Waals surface area contributed by atoms with Crippen molar-refractivity contribution in [1.82, 2.24) is 15.5 Å². The monoisotopic (exact) mass is 392 g/mol. The molecule has 1 saturated heterocycles. The minimum absolute atomic E-state index is 0.431. The molecule has 1 atom stereocenters. The van der Waals surface area contributed by atoms with E-state index in [0.29, 0.717) is 25.8 Å². The average molecular weight is 393 g/mol. The second-order valence-electron chi connectivity index (χ2n) is 7.03. The minimum Gasteiger partial charge on any atom is -0.491 e. The van der Waals surface area contributed by atoms with Gasteiger partial charge in [-0.2, -0.15) is 0 Å². The summed E-state index contributed by atoms with van der Waals surface area (Å²) in [6, 6.07) is 6.66. The molecule has 0 spiro atoms. The lowest BCUT2D eigenvalue weighted by molar-refractivity contribution is 0.0211. The molecular weight excluding hydrogens is 356 g/mol. The quantitative estimate of drug-likeness (QED) is 0.360. The standard InChI is InChI=1S/C21H36N4O3/c1-5-22-21(23-15-18(3)25-8-10-27-11-9-25)24-16-19-7-6-17(2)14-20(19)28-13-12-26-4/h6-7,14,18H,5,8-13,15-16H2,1-4H3,(H2,22,23,24). The predicted molar refractivity (Wildman–Crippen MR) is 113 cm³/mol. The largest absolute Gasteiger partial charge is 0.491 e. The van der Waals surface area contributed by atoms with Crippen LogP contribution in [0.2, 0.25) is 0 Å². The van der Waals surface area contributed by atoms with Crippen LogP contribution in [0.3, 0.4) is 0 Å². The van der Waals surface area contributed by atoms with E-state index in [2.05, 4.69) is 54.5 Å². The maximum atomic E-state index is 5.87. The van der Waals surface area contributed by atoms with E-state index >= 15 is 0 Å². The Morgan fingerprint density at radius 2 is 2.04 bits per heavy atom. The molecule has 1 aliphatic rings. The van der Waals surface area contributed by atoms with Crippen LogP contribution in [-0.2, 0) is 16.0 Å². The molecule has 7 nitrogen and oxygen atoms in total. The highest BCUT2D eigenvalue weighted by Gasteiger charge is 2.17. The first kappa shape index (κ1) is 22.5. The van der Waals surface area contributed by atoms with E-state index in [0.717, 1.165) is 56.7 Å². The van der Waals surface area contributed by atoms with E-state index in [1.807, 2.05) is 0 Å². The highest BCUT2D eigenvalue weighted by molar-refractivity contribution is 5.79.